The molecule has 0 bridgehead atoms. The van der Waals surface area contributed by atoms with Gasteiger partial charge in [0.15, 0.2) is 0 Å². The lowest BCUT2D eigenvalue weighted by Crippen LogP contribution is -2.52. The molecule has 2 saturated heterocycles. The molecule has 1 unspecified atom stereocenters. The van der Waals surface area contributed by atoms with Crippen LogP contribution in [0.1, 0.15) is 39.0 Å². The average Bonchev–Trinajstić information content (AvgIpc) is 3.38. The summed E-state index contributed by atoms with van der Waals surface area (Å²) in [6.07, 6.45) is 5.58. The smallest absolute Gasteiger partial charge is 0.228 e. The van der Waals surface area contributed by atoms with Gasteiger partial charge in [-0.3, -0.25) is 14.5 Å². The van der Waals surface area contributed by atoms with E-state index in [0.29, 0.717) is 25.3 Å². The number of anilines is 1. The van der Waals surface area contributed by atoms with Crippen LogP contribution < -0.4 is 9.64 Å². The summed E-state index contributed by atoms with van der Waals surface area (Å²) in [5.74, 6) is 0.600. The van der Waals surface area contributed by atoms with E-state index in [1.807, 2.05) is 36.1 Å². The third kappa shape index (κ3) is 3.88. The molecule has 28 heavy (non-hydrogen) atoms. The Labute approximate surface area is 167 Å². The lowest BCUT2D eigenvalue weighted by molar-refractivity contribution is -0.137. The van der Waals surface area contributed by atoms with Gasteiger partial charge in [-0.15, -0.1) is 0 Å². The first kappa shape index (κ1) is 19.2. The summed E-state index contributed by atoms with van der Waals surface area (Å²) in [6, 6.07) is 8.31. The fourth-order valence-corrected chi connectivity index (χ4v) is 4.90. The van der Waals surface area contributed by atoms with Gasteiger partial charge in [0.1, 0.15) is 5.75 Å². The van der Waals surface area contributed by atoms with E-state index in [1.165, 1.54) is 25.7 Å². The van der Waals surface area contributed by atoms with E-state index < -0.39 is 0 Å². The monoisotopic (exact) mass is 385 g/mol. The Morgan fingerprint density at radius 3 is 2.54 bits per heavy atom. The van der Waals surface area contributed by atoms with Gasteiger partial charge in [0.2, 0.25) is 11.8 Å². The van der Waals surface area contributed by atoms with E-state index in [0.717, 1.165) is 37.9 Å². The molecule has 0 N–H and O–H groups in total. The second-order valence-electron chi connectivity index (χ2n) is 8.11. The number of hydrogen-bond donors (Lipinski definition) is 0. The first-order chi connectivity index (χ1) is 13.7. The van der Waals surface area contributed by atoms with Crippen molar-refractivity contribution in [2.45, 2.75) is 45.1 Å². The molecular formula is C22H31N3O3. The highest BCUT2D eigenvalue weighted by Gasteiger charge is 2.39. The van der Waals surface area contributed by atoms with Gasteiger partial charge in [0, 0.05) is 45.2 Å². The minimum Gasteiger partial charge on any atom is -0.492 e. The van der Waals surface area contributed by atoms with Crippen molar-refractivity contribution in [3.8, 4) is 5.75 Å². The molecule has 0 aromatic heterocycles. The van der Waals surface area contributed by atoms with E-state index in [4.69, 9.17) is 4.74 Å². The summed E-state index contributed by atoms with van der Waals surface area (Å²) in [5, 5.41) is 0. The van der Waals surface area contributed by atoms with Gasteiger partial charge >= 0.3 is 0 Å². The van der Waals surface area contributed by atoms with Gasteiger partial charge in [-0.2, -0.15) is 0 Å². The Kier molecular flexibility index (Phi) is 5.85. The van der Waals surface area contributed by atoms with Crippen molar-refractivity contribution in [2.24, 2.45) is 5.92 Å². The van der Waals surface area contributed by atoms with Crippen LogP contribution in [0, 0.1) is 5.92 Å². The third-order valence-electron chi connectivity index (χ3n) is 6.40. The summed E-state index contributed by atoms with van der Waals surface area (Å²) in [7, 11) is 0. The van der Waals surface area contributed by atoms with Crippen LogP contribution in [0.15, 0.2) is 24.3 Å². The summed E-state index contributed by atoms with van der Waals surface area (Å²) >= 11 is 0. The second-order valence-corrected chi connectivity index (χ2v) is 8.11. The second kappa shape index (κ2) is 8.52. The molecule has 3 fully saturated rings. The van der Waals surface area contributed by atoms with E-state index in [9.17, 15) is 9.59 Å². The predicted molar refractivity (Wildman–Crippen MR) is 108 cm³/mol. The van der Waals surface area contributed by atoms with Gasteiger partial charge in [-0.25, -0.2) is 0 Å². The SMILES string of the molecule is CCOc1ccccc1N1CC(C(=O)N2CCN(C3CCCC3)CC2)CC1=O. The standard InChI is InChI=1S/C22H31N3O3/c1-2-28-20-10-6-5-9-19(20)25-16-17(15-21(25)26)22(27)24-13-11-23(12-14-24)18-7-3-4-8-18/h5-6,9-10,17-18H,2-4,7-8,11-16H2,1H3. The summed E-state index contributed by atoms with van der Waals surface area (Å²) < 4.78 is 5.68. The van der Waals surface area contributed by atoms with Crippen molar-refractivity contribution < 1.29 is 14.3 Å². The Balaban J connectivity index is 1.37. The topological polar surface area (TPSA) is 53.1 Å². The molecular weight excluding hydrogens is 354 g/mol. The molecule has 1 aromatic rings. The lowest BCUT2D eigenvalue weighted by atomic mass is 10.1. The molecule has 6 nitrogen and oxygen atoms in total. The van der Waals surface area contributed by atoms with Gasteiger partial charge < -0.3 is 14.5 Å². The molecule has 2 amide bonds. The molecule has 6 heteroatoms. The van der Waals surface area contributed by atoms with Crippen LogP contribution in [0.3, 0.4) is 0 Å². The van der Waals surface area contributed by atoms with Gasteiger partial charge in [0.25, 0.3) is 0 Å². The van der Waals surface area contributed by atoms with Crippen molar-refractivity contribution in [1.29, 1.82) is 0 Å². The van der Waals surface area contributed by atoms with Crippen LogP contribution in [-0.4, -0.2) is 67.0 Å². The Morgan fingerprint density at radius 2 is 1.82 bits per heavy atom. The van der Waals surface area contributed by atoms with E-state index in [-0.39, 0.29) is 17.7 Å². The Hall–Kier alpha value is -2.08. The lowest BCUT2D eigenvalue weighted by Gasteiger charge is -2.38. The average molecular weight is 386 g/mol. The number of nitrogens with zero attached hydrogens (tertiary/aromatic N) is 3. The number of rotatable bonds is 5. The maximum Gasteiger partial charge on any atom is 0.228 e. The third-order valence-corrected chi connectivity index (χ3v) is 6.40. The molecule has 152 valence electrons. The van der Waals surface area contributed by atoms with E-state index in [2.05, 4.69) is 4.90 Å². The van der Waals surface area contributed by atoms with Gasteiger partial charge in [0.05, 0.1) is 18.2 Å². The van der Waals surface area contributed by atoms with Crippen molar-refractivity contribution in [1.82, 2.24) is 9.80 Å². The molecule has 1 atom stereocenters. The molecule has 0 radical (unpaired) electrons. The number of carbonyl (C=O) groups is 2. The zero-order valence-corrected chi connectivity index (χ0v) is 16.8. The van der Waals surface area contributed by atoms with Crippen LogP contribution in [0.5, 0.6) is 5.75 Å². The van der Waals surface area contributed by atoms with E-state index >= 15 is 0 Å². The number of piperazine rings is 1. The quantitative estimate of drug-likeness (QED) is 0.782. The minimum absolute atomic E-state index is 0.00935. The number of amides is 2. The number of benzene rings is 1. The Morgan fingerprint density at radius 1 is 1.11 bits per heavy atom. The van der Waals surface area contributed by atoms with E-state index in [1.54, 1.807) is 4.90 Å². The number of carbonyl (C=O) groups excluding carboxylic acids is 2. The maximum atomic E-state index is 13.1. The zero-order chi connectivity index (χ0) is 19.5. The number of ether oxygens (including phenoxy) is 1. The molecule has 1 aromatic carbocycles. The molecule has 3 aliphatic rings. The van der Waals surface area contributed by atoms with Crippen molar-refractivity contribution in [3.05, 3.63) is 24.3 Å². The first-order valence-electron chi connectivity index (χ1n) is 10.7. The normalized spacial score (nSPS) is 24.2. The molecule has 2 aliphatic heterocycles. The fraction of sp³-hybridized carbons (Fsp3) is 0.636. The van der Waals surface area contributed by atoms with Crippen LogP contribution >= 0.6 is 0 Å². The summed E-state index contributed by atoms with van der Waals surface area (Å²) in [6.45, 7) is 6.43. The summed E-state index contributed by atoms with van der Waals surface area (Å²) in [4.78, 5) is 32.0. The molecule has 1 saturated carbocycles. The van der Waals surface area contributed by atoms with Gasteiger partial charge in [-0.05, 0) is 31.9 Å². The highest BCUT2D eigenvalue weighted by atomic mass is 16.5. The number of para-hydroxylation sites is 2. The van der Waals surface area contributed by atoms with Crippen molar-refractivity contribution >= 4 is 17.5 Å². The van der Waals surface area contributed by atoms with Gasteiger partial charge in [-0.1, -0.05) is 25.0 Å². The van der Waals surface area contributed by atoms with Crippen LogP contribution in [-0.2, 0) is 9.59 Å². The predicted octanol–water partition coefficient (Wildman–Crippen LogP) is 2.53. The first-order valence-corrected chi connectivity index (χ1v) is 10.7. The molecule has 4 rings (SSSR count). The summed E-state index contributed by atoms with van der Waals surface area (Å²) in [5.41, 5.74) is 0.774. The maximum absolute atomic E-state index is 13.1. The molecule has 1 aliphatic carbocycles. The highest BCUT2D eigenvalue weighted by molar-refractivity contribution is 6.01. The highest BCUT2D eigenvalue weighted by Crippen LogP contribution is 2.34. The largest absolute Gasteiger partial charge is 0.492 e. The van der Waals surface area contributed by atoms with Crippen LogP contribution in [0.2, 0.25) is 0 Å². The number of hydrogen-bond acceptors (Lipinski definition) is 4. The molecule has 0 spiro atoms. The van der Waals surface area contributed by atoms with Crippen LogP contribution in [0.25, 0.3) is 0 Å². The van der Waals surface area contributed by atoms with Crippen molar-refractivity contribution in [3.63, 3.8) is 0 Å². The van der Waals surface area contributed by atoms with Crippen molar-refractivity contribution in [2.75, 3.05) is 44.2 Å². The zero-order valence-electron chi connectivity index (χ0n) is 16.8. The molecule has 2 heterocycles. The minimum atomic E-state index is -0.250. The fourth-order valence-electron chi connectivity index (χ4n) is 4.90. The Bertz CT molecular complexity index is 709. The van der Waals surface area contributed by atoms with Crippen LogP contribution in [0.4, 0.5) is 5.69 Å².